The maximum Gasteiger partial charge on any atom is 0.248 e. The minimum atomic E-state index is -0.272. The molecule has 2 aromatic heterocycles. The first-order chi connectivity index (χ1) is 21.4. The average molecular weight is 612 g/mol. The number of nitriles is 1. The highest BCUT2D eigenvalue weighted by Crippen LogP contribution is 2.37. The summed E-state index contributed by atoms with van der Waals surface area (Å²) in [4.78, 5) is 26.3. The maximum absolute atomic E-state index is 12.9. The molecule has 44 heavy (non-hydrogen) atoms. The van der Waals surface area contributed by atoms with Crippen molar-refractivity contribution < 1.29 is 14.3 Å². The Kier molecular flexibility index (Phi) is 10.2. The molecular formula is C33H34ClN7O3. The van der Waals surface area contributed by atoms with E-state index in [2.05, 4.69) is 43.5 Å². The highest BCUT2D eigenvalue weighted by Gasteiger charge is 2.16. The van der Waals surface area contributed by atoms with Crippen molar-refractivity contribution in [2.24, 2.45) is 0 Å². The van der Waals surface area contributed by atoms with Crippen molar-refractivity contribution in [3.63, 3.8) is 0 Å². The van der Waals surface area contributed by atoms with Gasteiger partial charge in [-0.05, 0) is 50.4 Å². The lowest BCUT2D eigenvalue weighted by molar-refractivity contribution is -0.111. The van der Waals surface area contributed by atoms with Crippen LogP contribution in [0.3, 0.4) is 0 Å². The fraction of sp³-hybridized carbons (Fsp3) is 0.273. The van der Waals surface area contributed by atoms with E-state index >= 15 is 0 Å². The first-order valence-electron chi connectivity index (χ1n) is 14.4. The molecule has 1 aliphatic heterocycles. The largest absolute Gasteiger partial charge is 0.492 e. The molecule has 0 unspecified atom stereocenters. The number of hydrogen-bond acceptors (Lipinski definition) is 9. The SMILES string of the molecule is CCOc1cc2ncc(C#N)c(Nc3ccc(OCc4ccccn4)c(Cl)c3)c2cc1NC(=O)/C=C/CN1CCN(C)CC1. The van der Waals surface area contributed by atoms with Crippen LogP contribution in [0.2, 0.25) is 5.02 Å². The van der Waals surface area contributed by atoms with Gasteiger partial charge >= 0.3 is 0 Å². The molecule has 0 radical (unpaired) electrons. The number of amides is 1. The van der Waals surface area contributed by atoms with Gasteiger partial charge in [0.1, 0.15) is 24.2 Å². The van der Waals surface area contributed by atoms with Crippen molar-refractivity contribution >= 4 is 45.5 Å². The number of nitrogens with zero attached hydrogens (tertiary/aromatic N) is 5. The van der Waals surface area contributed by atoms with Crippen LogP contribution in [0.4, 0.5) is 17.1 Å². The highest BCUT2D eigenvalue weighted by molar-refractivity contribution is 6.32. The summed E-state index contributed by atoms with van der Waals surface area (Å²) in [7, 11) is 2.11. The summed E-state index contributed by atoms with van der Waals surface area (Å²) in [6.45, 7) is 7.23. The topological polar surface area (TPSA) is 116 Å². The summed E-state index contributed by atoms with van der Waals surface area (Å²) in [6, 6.07) is 16.7. The molecule has 0 saturated carbocycles. The average Bonchev–Trinajstić information content (AvgIpc) is 3.03. The number of rotatable bonds is 11. The molecule has 3 heterocycles. The molecule has 11 heteroatoms. The van der Waals surface area contributed by atoms with Gasteiger partial charge in [0.2, 0.25) is 5.91 Å². The van der Waals surface area contributed by atoms with E-state index in [1.54, 1.807) is 36.5 Å². The molecule has 2 N–H and O–H groups in total. The van der Waals surface area contributed by atoms with Crippen LogP contribution < -0.4 is 20.1 Å². The molecule has 1 amide bonds. The molecule has 0 aliphatic carbocycles. The van der Waals surface area contributed by atoms with E-state index in [9.17, 15) is 10.1 Å². The van der Waals surface area contributed by atoms with Gasteiger partial charge in [-0.1, -0.05) is 23.7 Å². The summed E-state index contributed by atoms with van der Waals surface area (Å²) in [6.07, 6.45) is 6.63. The van der Waals surface area contributed by atoms with Crippen LogP contribution in [0.1, 0.15) is 18.2 Å². The Bertz CT molecular complexity index is 1680. The number of halogens is 1. The number of fused-ring (bicyclic) bond motifs is 1. The number of likely N-dealkylation sites (N-methyl/N-ethyl adjacent to an activating group) is 1. The Hall–Kier alpha value is -4.69. The third kappa shape index (κ3) is 7.82. The fourth-order valence-electron chi connectivity index (χ4n) is 4.80. The molecule has 1 saturated heterocycles. The van der Waals surface area contributed by atoms with Crippen molar-refractivity contribution in [2.75, 3.05) is 57.0 Å². The van der Waals surface area contributed by atoms with Crippen LogP contribution in [0.15, 0.2) is 73.1 Å². The van der Waals surface area contributed by atoms with E-state index in [0.29, 0.717) is 63.2 Å². The number of nitrogens with one attached hydrogen (secondary N) is 2. The number of carbonyl (C=O) groups excluding carboxylic acids is 1. The van der Waals surface area contributed by atoms with E-state index in [1.807, 2.05) is 37.3 Å². The number of anilines is 3. The van der Waals surface area contributed by atoms with Gasteiger partial charge in [-0.25, -0.2) is 0 Å². The summed E-state index contributed by atoms with van der Waals surface area (Å²) in [5, 5.41) is 17.2. The number of carbonyl (C=O) groups is 1. The van der Waals surface area contributed by atoms with E-state index in [4.69, 9.17) is 21.1 Å². The lowest BCUT2D eigenvalue weighted by atomic mass is 10.1. The van der Waals surface area contributed by atoms with Gasteiger partial charge in [0.05, 0.1) is 39.8 Å². The van der Waals surface area contributed by atoms with Crippen molar-refractivity contribution in [1.29, 1.82) is 5.26 Å². The quantitative estimate of drug-likeness (QED) is 0.209. The lowest BCUT2D eigenvalue weighted by Crippen LogP contribution is -2.44. The monoisotopic (exact) mass is 611 g/mol. The third-order valence-corrected chi connectivity index (χ3v) is 7.47. The first-order valence-corrected chi connectivity index (χ1v) is 14.8. The van der Waals surface area contributed by atoms with Gasteiger partial charge in [0.25, 0.3) is 0 Å². The lowest BCUT2D eigenvalue weighted by Gasteiger charge is -2.31. The molecular weight excluding hydrogens is 578 g/mol. The molecule has 0 bridgehead atoms. The molecule has 10 nitrogen and oxygen atoms in total. The molecule has 2 aromatic carbocycles. The zero-order chi connectivity index (χ0) is 30.9. The number of ether oxygens (including phenoxy) is 2. The highest BCUT2D eigenvalue weighted by atomic mass is 35.5. The van der Waals surface area contributed by atoms with E-state index in [0.717, 1.165) is 31.9 Å². The van der Waals surface area contributed by atoms with Crippen molar-refractivity contribution in [3.8, 4) is 17.6 Å². The molecule has 5 rings (SSSR count). The number of pyridine rings is 2. The van der Waals surface area contributed by atoms with Crippen LogP contribution in [0, 0.1) is 11.3 Å². The van der Waals surface area contributed by atoms with E-state index in [1.165, 1.54) is 6.20 Å². The summed E-state index contributed by atoms with van der Waals surface area (Å²) in [5.74, 6) is 0.725. The van der Waals surface area contributed by atoms with E-state index < -0.39 is 0 Å². The Morgan fingerprint density at radius 2 is 1.93 bits per heavy atom. The minimum Gasteiger partial charge on any atom is -0.492 e. The number of aromatic nitrogens is 2. The molecule has 1 fully saturated rings. The summed E-state index contributed by atoms with van der Waals surface area (Å²) in [5.41, 5.74) is 3.37. The van der Waals surface area contributed by atoms with Crippen LogP contribution in [0.25, 0.3) is 10.9 Å². The first kappa shape index (κ1) is 30.8. The number of benzene rings is 2. The van der Waals surface area contributed by atoms with Crippen LogP contribution in [-0.2, 0) is 11.4 Å². The van der Waals surface area contributed by atoms with Crippen LogP contribution in [0.5, 0.6) is 11.5 Å². The van der Waals surface area contributed by atoms with E-state index in [-0.39, 0.29) is 12.5 Å². The van der Waals surface area contributed by atoms with Crippen molar-refractivity contribution in [3.05, 3.63) is 89.4 Å². The molecule has 0 atom stereocenters. The second-order valence-corrected chi connectivity index (χ2v) is 10.7. The maximum atomic E-state index is 12.9. The van der Waals surface area contributed by atoms with Gasteiger partial charge in [-0.3, -0.25) is 19.7 Å². The second kappa shape index (κ2) is 14.7. The Morgan fingerprint density at radius 1 is 1.09 bits per heavy atom. The summed E-state index contributed by atoms with van der Waals surface area (Å²) < 4.78 is 11.7. The normalized spacial score (nSPS) is 14.0. The van der Waals surface area contributed by atoms with Gasteiger partial charge in [0.15, 0.2) is 0 Å². The zero-order valence-corrected chi connectivity index (χ0v) is 25.5. The third-order valence-electron chi connectivity index (χ3n) is 7.18. The van der Waals surface area contributed by atoms with Crippen LogP contribution in [-0.4, -0.2) is 72.1 Å². The molecule has 0 spiro atoms. The van der Waals surface area contributed by atoms with Gasteiger partial charge < -0.3 is 25.0 Å². The summed E-state index contributed by atoms with van der Waals surface area (Å²) >= 11 is 6.55. The van der Waals surface area contributed by atoms with Crippen molar-refractivity contribution in [2.45, 2.75) is 13.5 Å². The standard InChI is InChI=1S/C33H34ClN7O3/c1-3-43-31-19-28-26(18-29(31)39-32(42)8-6-12-41-15-13-40(2)14-16-41)33(23(20-35)21-37-28)38-24-9-10-30(27(34)17-24)44-22-25-7-4-5-11-36-25/h4-11,17-19,21H,3,12-16,22H2,1-2H3,(H,37,38)(H,39,42)/b8-6+. The minimum absolute atomic E-state index is 0.272. The Labute approximate surface area is 261 Å². The Balaban J connectivity index is 1.37. The van der Waals surface area contributed by atoms with Gasteiger partial charge in [-0.15, -0.1) is 0 Å². The predicted octanol–water partition coefficient (Wildman–Crippen LogP) is 5.62. The fourth-order valence-corrected chi connectivity index (χ4v) is 5.04. The molecule has 1 aliphatic rings. The number of piperazine rings is 1. The van der Waals surface area contributed by atoms with Gasteiger partial charge in [0, 0.05) is 68.3 Å². The van der Waals surface area contributed by atoms with Crippen LogP contribution >= 0.6 is 11.6 Å². The van der Waals surface area contributed by atoms with Crippen molar-refractivity contribution in [1.82, 2.24) is 19.8 Å². The van der Waals surface area contributed by atoms with Gasteiger partial charge in [-0.2, -0.15) is 5.26 Å². The predicted molar refractivity (Wildman–Crippen MR) is 173 cm³/mol. The molecule has 226 valence electrons. The molecule has 4 aromatic rings. The second-order valence-electron chi connectivity index (χ2n) is 10.3. The Morgan fingerprint density at radius 3 is 2.66 bits per heavy atom. The number of hydrogen-bond donors (Lipinski definition) is 2. The zero-order valence-electron chi connectivity index (χ0n) is 24.7. The smallest absolute Gasteiger partial charge is 0.248 e.